The summed E-state index contributed by atoms with van der Waals surface area (Å²) in [6, 6.07) is 97.7. The number of phenolic OH excluding ortho intramolecular Hbond substituents is 2. The normalized spacial score (nSPS) is 10.7. The molecule has 0 aliphatic rings. The van der Waals surface area contributed by atoms with Crippen molar-refractivity contribution < 1.29 is 30.6 Å². The van der Waals surface area contributed by atoms with Crippen LogP contribution in [-0.2, 0) is 20.4 Å². The van der Waals surface area contributed by atoms with Gasteiger partial charge >= 0.3 is 0 Å². The number of phenols is 2. The molecule has 0 saturated heterocycles. The quantitative estimate of drug-likeness (QED) is 0.0425. The topological polar surface area (TPSA) is 269 Å². The van der Waals surface area contributed by atoms with E-state index in [1.54, 1.807) is 66.7 Å². The fourth-order valence-electron chi connectivity index (χ4n) is 12.7. The van der Waals surface area contributed by atoms with Gasteiger partial charge in [0, 0.05) is 44.3 Å². The average molecular weight is 1850 g/mol. The van der Waals surface area contributed by atoms with Crippen molar-refractivity contribution in [3.63, 3.8) is 0 Å². The first-order valence-electron chi connectivity index (χ1n) is 36.3. The van der Waals surface area contributed by atoms with Crippen molar-refractivity contribution in [1.82, 2.24) is 49.8 Å². The largest absolute Gasteiger partial charge is 0.507 e. The first-order chi connectivity index (χ1) is 55.2. The molecule has 18 aromatic rings. The van der Waals surface area contributed by atoms with E-state index in [1.807, 2.05) is 187 Å². The van der Waals surface area contributed by atoms with Gasteiger partial charge in [-0.3, -0.25) is 24.0 Å². The van der Waals surface area contributed by atoms with Gasteiger partial charge in [-0.1, -0.05) is 223 Å². The molecule has 115 heavy (non-hydrogen) atoms. The number of nitrogens with zero attached hydrogens (tertiary/aromatic N) is 5. The van der Waals surface area contributed by atoms with Crippen LogP contribution in [0.4, 0.5) is 0 Å². The number of hydrogen-bond donors (Lipinski definition) is 7. The first kappa shape index (κ1) is 82.2. The number of aryl methyl sites for hydroxylation is 6. The second kappa shape index (κ2) is 38.0. The van der Waals surface area contributed by atoms with Gasteiger partial charge in [0.25, 0.3) is 27.8 Å². The van der Waals surface area contributed by atoms with Gasteiger partial charge in [-0.25, -0.2) is 24.9 Å². The van der Waals surface area contributed by atoms with E-state index in [9.17, 15) is 34.2 Å². The molecule has 13 aromatic carbocycles. The zero-order chi connectivity index (χ0) is 79.9. The predicted octanol–water partition coefficient (Wildman–Crippen LogP) is 18.9. The minimum Gasteiger partial charge on any atom is -0.507 e. The summed E-state index contributed by atoms with van der Waals surface area (Å²) < 4.78 is 2.01. The van der Waals surface area contributed by atoms with Crippen LogP contribution in [0.3, 0.4) is 0 Å². The molecule has 0 atom stereocenters. The van der Waals surface area contributed by atoms with Crippen molar-refractivity contribution in [2.24, 2.45) is 0 Å². The van der Waals surface area contributed by atoms with E-state index >= 15 is 0 Å². The van der Waals surface area contributed by atoms with Crippen molar-refractivity contribution in [2.75, 3.05) is 0 Å². The molecule has 5 aromatic heterocycles. The molecule has 0 radical (unpaired) electrons. The summed E-state index contributed by atoms with van der Waals surface area (Å²) in [7, 11) is -0.446. The molecule has 18 rings (SSSR count). The third-order valence-corrected chi connectivity index (χ3v) is 22.3. The molecule has 0 bridgehead atoms. The van der Waals surface area contributed by atoms with E-state index in [4.69, 9.17) is 0 Å². The Kier molecular flexibility index (Phi) is 27.2. The molecule has 0 saturated carbocycles. The third kappa shape index (κ3) is 20.2. The monoisotopic (exact) mass is 1850 g/mol. The van der Waals surface area contributed by atoms with Gasteiger partial charge in [0.2, 0.25) is 0 Å². The van der Waals surface area contributed by atoms with Crippen LogP contribution in [0, 0.1) is 48.7 Å². The van der Waals surface area contributed by atoms with Gasteiger partial charge in [-0.05, 0) is 224 Å². The summed E-state index contributed by atoms with van der Waals surface area (Å²) in [5, 5.41) is 26.8. The molecule has 17 nitrogen and oxygen atoms in total. The van der Waals surface area contributed by atoms with Crippen LogP contribution in [0.5, 0.6) is 11.5 Å². The molecule has 0 fully saturated rings. The molecule has 7 N–H and O–H groups in total. The van der Waals surface area contributed by atoms with E-state index in [1.165, 1.54) is 15.9 Å². The molecular weight excluding hydrogens is 1770 g/mol. The number of aromatic nitrogens is 10. The van der Waals surface area contributed by atoms with Gasteiger partial charge < -0.3 is 35.1 Å². The second-order valence-corrected chi connectivity index (χ2v) is 31.5. The number of rotatable bonds is 8. The Morgan fingerprint density at radius 2 is 0.478 bits per heavy atom. The molecular formula is C94H75I2N10O7PPd. The number of aromatic amines is 5. The summed E-state index contributed by atoms with van der Waals surface area (Å²) in [6.45, 7) is 11.9. The molecule has 0 unspecified atom stereocenters. The van der Waals surface area contributed by atoms with Crippen molar-refractivity contribution in [3.05, 3.63) is 396 Å². The Morgan fingerprint density at radius 1 is 0.261 bits per heavy atom. The smallest absolute Gasteiger partial charge is 0.259 e. The summed E-state index contributed by atoms with van der Waals surface area (Å²) in [6.07, 6.45) is 0. The zero-order valence-corrected chi connectivity index (χ0v) is 69.8. The Balaban J connectivity index is 0.000000127. The minimum atomic E-state index is -0.446. The molecule has 0 aliphatic carbocycles. The maximum atomic E-state index is 12.1. The van der Waals surface area contributed by atoms with E-state index in [0.29, 0.717) is 78.2 Å². The summed E-state index contributed by atoms with van der Waals surface area (Å²) in [5.41, 5.74) is 13.0. The maximum Gasteiger partial charge on any atom is 0.259 e. The number of benzene rings is 13. The van der Waals surface area contributed by atoms with Crippen LogP contribution >= 0.6 is 53.1 Å². The van der Waals surface area contributed by atoms with Crippen molar-refractivity contribution in [3.8, 4) is 68.4 Å². The van der Waals surface area contributed by atoms with Crippen molar-refractivity contribution in [1.29, 1.82) is 0 Å². The van der Waals surface area contributed by atoms with Crippen LogP contribution < -0.4 is 43.7 Å². The van der Waals surface area contributed by atoms with Crippen LogP contribution in [0.1, 0.15) is 33.4 Å². The van der Waals surface area contributed by atoms with E-state index in [2.05, 4.69) is 186 Å². The summed E-state index contributed by atoms with van der Waals surface area (Å²) in [5.74, 6) is 2.81. The Morgan fingerprint density at radius 3 is 0.739 bits per heavy atom. The SMILES string of the molecule is Cc1ccc2nc(-c3ccccc3C)[nH]c(=O)c2c1.Cc1ccc2nc(-c3ccccc3C)[nH]c(=O)c2c1.Cc1ccc2nc(-c3ccccc3O)[nH]c(=O)c2c1.Cc1ccccc1-c1nc2ccc([127I])cc2c(=O)[nH]1.O=c1[nH]c(-c2ccccc2O)nc2ccc(I)cc12.[Pd].c1ccc(P(c2ccccc2)c2ccccc2)cc1. The van der Waals surface area contributed by atoms with Gasteiger partial charge in [-0.2, -0.15) is 0 Å². The van der Waals surface area contributed by atoms with Crippen molar-refractivity contribution >= 4 is 124 Å². The molecule has 5 heterocycles. The Hall–Kier alpha value is -12.3. The summed E-state index contributed by atoms with van der Waals surface area (Å²) in [4.78, 5) is 97.0. The molecule has 0 amide bonds. The number of H-pyrrole nitrogens is 5. The summed E-state index contributed by atoms with van der Waals surface area (Å²) >= 11 is 4.34. The van der Waals surface area contributed by atoms with E-state index in [0.717, 1.165) is 73.8 Å². The number of fused-ring (bicyclic) bond motifs is 5. The first-order valence-corrected chi connectivity index (χ1v) is 39.8. The van der Waals surface area contributed by atoms with E-state index < -0.39 is 7.92 Å². The molecule has 0 aliphatic heterocycles. The van der Waals surface area contributed by atoms with E-state index in [-0.39, 0.29) is 59.7 Å². The van der Waals surface area contributed by atoms with Gasteiger partial charge in [0.05, 0.1) is 65.6 Å². The van der Waals surface area contributed by atoms with Crippen LogP contribution in [0.25, 0.3) is 111 Å². The second-order valence-electron chi connectivity index (χ2n) is 26.8. The zero-order valence-electron chi connectivity index (χ0n) is 63.1. The number of nitrogens with one attached hydrogen (secondary N) is 5. The maximum absolute atomic E-state index is 12.1. The number of hydrogen-bond acceptors (Lipinski definition) is 12. The Bertz CT molecular complexity index is 5960. The third-order valence-electron chi connectivity index (χ3n) is 18.5. The standard InChI is InChI=1S/C18H15P.2C16H14N2O.C15H11IN2O.C15H12N2O2.C14H9IN2O2.Pd/c1-4-10-16(11-5-1)19(17-12-6-2-7-13-17)18-14-8-3-9-15-18;2*1-10-7-8-14-13(9-10)16(19)18-15(17-14)12-6-4-3-5-11(12)2;1-9-4-2-3-5-11(9)14-17-13-7-6-10(16)8-12(13)15(19)18-14;1-9-6-7-12-11(8-9)15(19)17-14(16-12)10-4-2-3-5-13(10)18;15-8-5-6-11-10(7-8)14(19)17-13(16-11)9-3-1-2-4-12(9)18;/h1-15H;2*3-9H,1-2H3,(H,17,18,19);2-8H,1H3,(H,17,18,19);2-8,18H,1H3,(H,16,17,19);1-7,18H,(H,16,17,19);/i;;;16+0;;;. The van der Waals surface area contributed by atoms with Crippen LogP contribution in [0.15, 0.2) is 327 Å². The van der Waals surface area contributed by atoms with Gasteiger partial charge in [0.1, 0.15) is 40.6 Å². The minimum absolute atomic E-state index is 0. The van der Waals surface area contributed by atoms with Crippen LogP contribution in [0.2, 0.25) is 0 Å². The average Bonchev–Trinajstić information content (AvgIpc) is 0.779. The fraction of sp³-hybridized carbons (Fsp3) is 0.0638. The number of para-hydroxylation sites is 2. The Labute approximate surface area is 703 Å². The number of halogens is 2. The fourth-order valence-corrected chi connectivity index (χ4v) is 15.9. The molecule has 0 spiro atoms. The van der Waals surface area contributed by atoms with Crippen molar-refractivity contribution in [2.45, 2.75) is 41.5 Å². The van der Waals surface area contributed by atoms with Gasteiger partial charge in [0.15, 0.2) is 0 Å². The predicted molar refractivity (Wildman–Crippen MR) is 481 cm³/mol. The van der Waals surface area contributed by atoms with Gasteiger partial charge in [-0.15, -0.1) is 0 Å². The molecule has 572 valence electrons. The van der Waals surface area contributed by atoms with Crippen LogP contribution in [-0.4, -0.2) is 60.1 Å². The molecule has 21 heteroatoms. The number of aromatic hydroxyl groups is 2.